The van der Waals surface area contributed by atoms with E-state index in [9.17, 15) is 14.7 Å². The third-order valence-electron chi connectivity index (χ3n) is 8.03. The van der Waals surface area contributed by atoms with Crippen molar-refractivity contribution < 1.29 is 24.2 Å². The summed E-state index contributed by atoms with van der Waals surface area (Å²) >= 11 is 0. The van der Waals surface area contributed by atoms with E-state index in [0.717, 1.165) is 56.3 Å². The number of Topliss-reactive ketones (excluding diaryl/α,β-unsaturated/α-hetero) is 1. The highest BCUT2D eigenvalue weighted by molar-refractivity contribution is 5.78. The maximum Gasteiger partial charge on any atom is 0.344 e. The molecule has 1 saturated carbocycles. The topological polar surface area (TPSA) is 72.8 Å². The van der Waals surface area contributed by atoms with Gasteiger partial charge in [-0.25, -0.2) is 4.79 Å². The number of hydrogen-bond acceptors (Lipinski definition) is 5. The summed E-state index contributed by atoms with van der Waals surface area (Å²) < 4.78 is 11.5. The summed E-state index contributed by atoms with van der Waals surface area (Å²) in [5.41, 5.74) is 2.28. The van der Waals surface area contributed by atoms with E-state index in [1.54, 1.807) is 0 Å². The van der Waals surface area contributed by atoms with Crippen molar-refractivity contribution in [2.75, 3.05) is 6.61 Å². The number of fused-ring (bicyclic) bond motifs is 2. The number of ether oxygens (including phenoxy) is 2. The van der Waals surface area contributed by atoms with Crippen LogP contribution in [0.1, 0.15) is 90.7 Å². The van der Waals surface area contributed by atoms with E-state index in [0.29, 0.717) is 30.5 Å². The Morgan fingerprint density at radius 3 is 2.62 bits per heavy atom. The van der Waals surface area contributed by atoms with Gasteiger partial charge in [0.25, 0.3) is 0 Å². The van der Waals surface area contributed by atoms with Gasteiger partial charge in [0.2, 0.25) is 0 Å². The molecule has 0 spiro atoms. The molecule has 1 unspecified atom stereocenters. The van der Waals surface area contributed by atoms with Gasteiger partial charge < -0.3 is 14.6 Å². The van der Waals surface area contributed by atoms with Gasteiger partial charge in [0.1, 0.15) is 17.6 Å². The summed E-state index contributed by atoms with van der Waals surface area (Å²) in [7, 11) is 0. The second-order valence-electron chi connectivity index (χ2n) is 11.5. The minimum absolute atomic E-state index is 0.101. The van der Waals surface area contributed by atoms with Gasteiger partial charge in [0.15, 0.2) is 6.61 Å². The highest BCUT2D eigenvalue weighted by Crippen LogP contribution is 2.48. The second kappa shape index (κ2) is 11.7. The highest BCUT2D eigenvalue weighted by Gasteiger charge is 2.44. The normalized spacial score (nSPS) is 24.8. The molecule has 5 atom stereocenters. The molecule has 0 saturated heterocycles. The van der Waals surface area contributed by atoms with Crippen molar-refractivity contribution in [1.82, 2.24) is 0 Å². The standard InChI is InChI=1S/C29H44O5/c1-6-7-8-11-22(30)13-14-23-24-15-20-10-9-12-27(25(20)16-21(24)17-26(23)31)33-18-28(32)34-19(2)29(3,4)5/h9-10,12,19,21,23-24,26,31H,6-8,11,13-18H2,1-5H3/t19?,21-,23+,24-,26+/m0/s1. The smallest absolute Gasteiger partial charge is 0.344 e. The Kier molecular flexibility index (Phi) is 9.20. The van der Waals surface area contributed by atoms with Gasteiger partial charge >= 0.3 is 5.97 Å². The van der Waals surface area contributed by atoms with E-state index in [-0.39, 0.29) is 36.1 Å². The van der Waals surface area contributed by atoms with Crippen LogP contribution in [0.5, 0.6) is 5.75 Å². The quantitative estimate of drug-likeness (QED) is 0.331. The Morgan fingerprint density at radius 2 is 1.91 bits per heavy atom. The second-order valence-corrected chi connectivity index (χ2v) is 11.5. The zero-order valence-electron chi connectivity index (χ0n) is 21.8. The predicted octanol–water partition coefficient (Wildman–Crippen LogP) is 5.68. The Hall–Kier alpha value is -1.88. The minimum atomic E-state index is -0.353. The molecule has 190 valence electrons. The molecule has 2 aliphatic rings. The van der Waals surface area contributed by atoms with Crippen LogP contribution < -0.4 is 4.74 Å². The third kappa shape index (κ3) is 6.84. The van der Waals surface area contributed by atoms with Crippen LogP contribution in [0.25, 0.3) is 0 Å². The first kappa shape index (κ1) is 26.7. The fourth-order valence-electron chi connectivity index (χ4n) is 5.51. The average Bonchev–Trinajstić information content (AvgIpc) is 3.08. The van der Waals surface area contributed by atoms with Crippen LogP contribution in [0.4, 0.5) is 0 Å². The number of esters is 1. The molecule has 1 fully saturated rings. The van der Waals surface area contributed by atoms with E-state index >= 15 is 0 Å². The number of carbonyl (C=O) groups excluding carboxylic acids is 2. The van der Waals surface area contributed by atoms with Gasteiger partial charge in [0.05, 0.1) is 6.10 Å². The summed E-state index contributed by atoms with van der Waals surface area (Å²) in [5, 5.41) is 10.8. The first-order valence-corrected chi connectivity index (χ1v) is 13.2. The molecule has 1 N–H and O–H groups in total. The van der Waals surface area contributed by atoms with Gasteiger partial charge in [-0.05, 0) is 79.4 Å². The monoisotopic (exact) mass is 472 g/mol. The van der Waals surface area contributed by atoms with Crippen LogP contribution in [0.2, 0.25) is 0 Å². The van der Waals surface area contributed by atoms with Crippen LogP contribution in [0, 0.1) is 23.2 Å². The molecule has 0 bridgehead atoms. The molecule has 34 heavy (non-hydrogen) atoms. The van der Waals surface area contributed by atoms with Crippen molar-refractivity contribution in [3.05, 3.63) is 29.3 Å². The highest BCUT2D eigenvalue weighted by atomic mass is 16.6. The Morgan fingerprint density at radius 1 is 1.15 bits per heavy atom. The summed E-state index contributed by atoms with van der Waals surface area (Å²) in [6.45, 7) is 10.1. The average molecular weight is 473 g/mol. The van der Waals surface area contributed by atoms with E-state index in [4.69, 9.17) is 9.47 Å². The lowest BCUT2D eigenvalue weighted by atomic mass is 9.73. The van der Waals surface area contributed by atoms with Gasteiger partial charge in [0, 0.05) is 12.8 Å². The fraction of sp³-hybridized carbons (Fsp3) is 0.724. The van der Waals surface area contributed by atoms with Crippen LogP contribution >= 0.6 is 0 Å². The van der Waals surface area contributed by atoms with Crippen molar-refractivity contribution in [2.24, 2.45) is 23.2 Å². The number of aliphatic hydroxyl groups is 1. The zero-order chi connectivity index (χ0) is 24.9. The van der Waals surface area contributed by atoms with Crippen LogP contribution in [-0.2, 0) is 27.2 Å². The van der Waals surface area contributed by atoms with Crippen molar-refractivity contribution in [2.45, 2.75) is 105 Å². The number of rotatable bonds is 11. The van der Waals surface area contributed by atoms with Gasteiger partial charge in [-0.15, -0.1) is 0 Å². The van der Waals surface area contributed by atoms with Crippen molar-refractivity contribution in [3.8, 4) is 5.75 Å². The third-order valence-corrected chi connectivity index (χ3v) is 8.03. The minimum Gasteiger partial charge on any atom is -0.482 e. The summed E-state index contributed by atoms with van der Waals surface area (Å²) in [5.74, 6) is 1.71. The van der Waals surface area contributed by atoms with E-state index in [1.165, 1.54) is 5.56 Å². The first-order chi connectivity index (χ1) is 16.1. The van der Waals surface area contributed by atoms with Crippen molar-refractivity contribution in [3.63, 3.8) is 0 Å². The molecule has 0 heterocycles. The molecule has 0 amide bonds. The molecule has 3 rings (SSSR count). The fourth-order valence-corrected chi connectivity index (χ4v) is 5.51. The van der Waals surface area contributed by atoms with Crippen LogP contribution in [-0.4, -0.2) is 35.7 Å². The van der Waals surface area contributed by atoms with E-state index in [2.05, 4.69) is 13.0 Å². The first-order valence-electron chi connectivity index (χ1n) is 13.2. The molecule has 1 aromatic carbocycles. The molecule has 0 aliphatic heterocycles. The molecule has 5 heteroatoms. The summed E-state index contributed by atoms with van der Waals surface area (Å²) in [6.07, 6.45) is 7.25. The molecule has 1 aromatic rings. The number of carbonyl (C=O) groups is 2. The lowest BCUT2D eigenvalue weighted by Crippen LogP contribution is -2.31. The Labute approximate surface area is 205 Å². The van der Waals surface area contributed by atoms with E-state index < -0.39 is 0 Å². The van der Waals surface area contributed by atoms with Gasteiger partial charge in [-0.2, -0.15) is 0 Å². The Balaban J connectivity index is 1.59. The number of benzene rings is 1. The SMILES string of the molecule is CCCCCC(=O)CC[C@@H]1[C@H]2Cc3cccc(OCC(=O)OC(C)C(C)(C)C)c3C[C@H]2C[C@H]1O. The largest absolute Gasteiger partial charge is 0.482 e. The van der Waals surface area contributed by atoms with Crippen molar-refractivity contribution in [1.29, 1.82) is 0 Å². The number of aliphatic hydroxyl groups excluding tert-OH is 1. The van der Waals surface area contributed by atoms with Crippen LogP contribution in [0.15, 0.2) is 18.2 Å². The zero-order valence-corrected chi connectivity index (χ0v) is 21.8. The summed E-state index contributed by atoms with van der Waals surface area (Å²) in [6, 6.07) is 6.04. The van der Waals surface area contributed by atoms with Crippen molar-refractivity contribution >= 4 is 11.8 Å². The van der Waals surface area contributed by atoms with E-state index in [1.807, 2.05) is 39.8 Å². The maximum absolute atomic E-state index is 12.3. The van der Waals surface area contributed by atoms with Gasteiger partial charge in [-0.3, -0.25) is 4.79 Å². The number of hydrogen-bond donors (Lipinski definition) is 1. The molecule has 0 radical (unpaired) electrons. The number of ketones is 1. The molecular formula is C29H44O5. The summed E-state index contributed by atoms with van der Waals surface area (Å²) in [4.78, 5) is 24.6. The predicted molar refractivity (Wildman–Crippen MR) is 134 cm³/mol. The Bertz CT molecular complexity index is 839. The van der Waals surface area contributed by atoms with Gasteiger partial charge in [-0.1, -0.05) is 52.7 Å². The molecule has 0 aromatic heterocycles. The number of unbranched alkanes of at least 4 members (excludes halogenated alkanes) is 2. The molecule has 5 nitrogen and oxygen atoms in total. The molecular weight excluding hydrogens is 428 g/mol. The molecule has 2 aliphatic carbocycles. The van der Waals surface area contributed by atoms with Crippen LogP contribution in [0.3, 0.4) is 0 Å². The lowest BCUT2D eigenvalue weighted by Gasteiger charge is -2.32. The maximum atomic E-state index is 12.3. The lowest BCUT2D eigenvalue weighted by molar-refractivity contribution is -0.155.